The van der Waals surface area contributed by atoms with Gasteiger partial charge in [-0.05, 0) is 49.1 Å². The summed E-state index contributed by atoms with van der Waals surface area (Å²) in [5.74, 6) is 1.60. The van der Waals surface area contributed by atoms with Crippen LogP contribution < -0.4 is 15.0 Å². The van der Waals surface area contributed by atoms with Crippen molar-refractivity contribution in [2.75, 3.05) is 33.6 Å². The Balaban J connectivity index is 1.44. The maximum atomic E-state index is 13.3. The van der Waals surface area contributed by atoms with E-state index in [1.165, 1.54) is 11.8 Å². The number of methoxy groups -OCH3 is 2. The highest BCUT2D eigenvalue weighted by Gasteiger charge is 2.23. The molecule has 3 aromatic rings. The summed E-state index contributed by atoms with van der Waals surface area (Å²) >= 11 is 1.36. The summed E-state index contributed by atoms with van der Waals surface area (Å²) < 4.78 is 12.5. The smallest absolute Gasteiger partial charge is 0.262 e. The van der Waals surface area contributed by atoms with Gasteiger partial charge in [0.15, 0.2) is 16.7 Å². The van der Waals surface area contributed by atoms with Crippen molar-refractivity contribution in [1.29, 1.82) is 0 Å². The maximum absolute atomic E-state index is 13.3. The first-order valence-electron chi connectivity index (χ1n) is 11.6. The van der Waals surface area contributed by atoms with Crippen molar-refractivity contribution < 1.29 is 14.3 Å². The Hall–Kier alpha value is -3.00. The van der Waals surface area contributed by atoms with Gasteiger partial charge in [0, 0.05) is 19.6 Å². The first-order chi connectivity index (χ1) is 16.5. The van der Waals surface area contributed by atoms with Gasteiger partial charge in [-0.15, -0.1) is 0 Å². The molecule has 0 bridgehead atoms. The molecule has 0 atom stereocenters. The fourth-order valence-corrected chi connectivity index (χ4v) is 5.41. The summed E-state index contributed by atoms with van der Waals surface area (Å²) in [5.41, 5.74) is 1.74. The summed E-state index contributed by atoms with van der Waals surface area (Å²) in [6.45, 7) is 0.579. The summed E-state index contributed by atoms with van der Waals surface area (Å²) in [6.07, 6.45) is 4.89. The van der Waals surface area contributed by atoms with E-state index >= 15 is 0 Å². The second-order valence-electron chi connectivity index (χ2n) is 8.57. The average Bonchev–Trinajstić information content (AvgIpc) is 3.40. The minimum absolute atomic E-state index is 0.00532. The third kappa shape index (κ3) is 5.22. The van der Waals surface area contributed by atoms with Crippen LogP contribution in [-0.2, 0) is 11.2 Å². The largest absolute Gasteiger partial charge is 0.493 e. The van der Waals surface area contributed by atoms with Crippen LogP contribution in [0.25, 0.3) is 10.9 Å². The molecule has 0 aliphatic heterocycles. The predicted molar refractivity (Wildman–Crippen MR) is 135 cm³/mol. The van der Waals surface area contributed by atoms with Crippen LogP contribution >= 0.6 is 11.8 Å². The number of fused-ring (bicyclic) bond motifs is 1. The molecular formula is C26H31N3O4S. The number of nitrogens with zero attached hydrogens (tertiary/aromatic N) is 3. The number of carbonyl (C=O) groups excluding carboxylic acids is 1. The molecule has 1 aromatic heterocycles. The summed E-state index contributed by atoms with van der Waals surface area (Å²) in [5, 5.41) is 1.27. The van der Waals surface area contributed by atoms with Gasteiger partial charge in [-0.2, -0.15) is 0 Å². The van der Waals surface area contributed by atoms with Gasteiger partial charge in [0.25, 0.3) is 5.56 Å². The fourth-order valence-electron chi connectivity index (χ4n) is 4.41. The molecule has 1 fully saturated rings. The van der Waals surface area contributed by atoms with Crippen LogP contribution in [0.2, 0.25) is 0 Å². The quantitative estimate of drug-likeness (QED) is 0.335. The summed E-state index contributed by atoms with van der Waals surface area (Å²) in [7, 11) is 5.03. The monoisotopic (exact) mass is 481 g/mol. The second kappa shape index (κ2) is 11.0. The van der Waals surface area contributed by atoms with Crippen LogP contribution in [0.5, 0.6) is 11.5 Å². The van der Waals surface area contributed by atoms with E-state index in [9.17, 15) is 9.59 Å². The zero-order valence-corrected chi connectivity index (χ0v) is 20.8. The minimum atomic E-state index is -0.00532. The van der Waals surface area contributed by atoms with Crippen molar-refractivity contribution in [3.05, 3.63) is 58.4 Å². The maximum Gasteiger partial charge on any atom is 0.262 e. The molecule has 4 rings (SSSR count). The average molecular weight is 482 g/mol. The number of para-hydroxylation sites is 1. The Kier molecular flexibility index (Phi) is 7.77. The van der Waals surface area contributed by atoms with Gasteiger partial charge in [-0.25, -0.2) is 4.98 Å². The zero-order valence-electron chi connectivity index (χ0n) is 20.0. The Morgan fingerprint density at radius 3 is 2.59 bits per heavy atom. The van der Waals surface area contributed by atoms with Gasteiger partial charge < -0.3 is 14.4 Å². The fraction of sp³-hybridized carbons (Fsp3) is 0.423. The van der Waals surface area contributed by atoms with Crippen molar-refractivity contribution in [1.82, 2.24) is 14.5 Å². The highest BCUT2D eigenvalue weighted by molar-refractivity contribution is 7.99. The van der Waals surface area contributed by atoms with E-state index in [1.54, 1.807) is 19.1 Å². The number of thioether (sulfide) groups is 1. The molecule has 2 aromatic carbocycles. The van der Waals surface area contributed by atoms with Crippen LogP contribution in [0.4, 0.5) is 0 Å². The Morgan fingerprint density at radius 2 is 1.85 bits per heavy atom. The first kappa shape index (κ1) is 24.1. The van der Waals surface area contributed by atoms with E-state index in [0.717, 1.165) is 31.2 Å². The van der Waals surface area contributed by atoms with Crippen LogP contribution in [0.1, 0.15) is 37.3 Å². The highest BCUT2D eigenvalue weighted by Crippen LogP contribution is 2.32. The van der Waals surface area contributed by atoms with Crippen LogP contribution in [0.15, 0.2) is 52.4 Å². The number of likely N-dealkylation sites (N-methyl/N-ethyl adjacent to an activating group) is 1. The SMILES string of the molecule is COc1ccc(CCN(C)C(=O)CSc2nc3ccccc3c(=O)n2C2CCCC2)cc1OC. The first-order valence-corrected chi connectivity index (χ1v) is 12.6. The zero-order chi connectivity index (χ0) is 24.1. The molecule has 0 radical (unpaired) electrons. The normalized spacial score (nSPS) is 13.9. The molecular weight excluding hydrogens is 450 g/mol. The number of rotatable bonds is 9. The highest BCUT2D eigenvalue weighted by atomic mass is 32.2. The summed E-state index contributed by atoms with van der Waals surface area (Å²) in [6, 6.07) is 13.4. The number of carbonyl (C=O) groups is 1. The third-order valence-corrected chi connectivity index (χ3v) is 7.34. The van der Waals surface area contributed by atoms with E-state index < -0.39 is 0 Å². The topological polar surface area (TPSA) is 73.7 Å². The lowest BCUT2D eigenvalue weighted by Crippen LogP contribution is -2.31. The molecule has 1 saturated carbocycles. The number of aromatic nitrogens is 2. The van der Waals surface area contributed by atoms with E-state index in [4.69, 9.17) is 14.5 Å². The molecule has 0 saturated heterocycles. The van der Waals surface area contributed by atoms with Crippen molar-refractivity contribution in [2.45, 2.75) is 43.3 Å². The van der Waals surface area contributed by atoms with Gasteiger partial charge in [-0.3, -0.25) is 14.2 Å². The Bertz CT molecular complexity index is 1220. The van der Waals surface area contributed by atoms with Crippen molar-refractivity contribution in [3.8, 4) is 11.5 Å². The van der Waals surface area contributed by atoms with Gasteiger partial charge in [-0.1, -0.05) is 42.8 Å². The molecule has 1 heterocycles. The van der Waals surface area contributed by atoms with Gasteiger partial charge in [0.2, 0.25) is 5.91 Å². The van der Waals surface area contributed by atoms with E-state index in [-0.39, 0.29) is 23.3 Å². The predicted octanol–water partition coefficient (Wildman–Crippen LogP) is 4.32. The molecule has 0 N–H and O–H groups in total. The van der Waals surface area contributed by atoms with Crippen molar-refractivity contribution >= 4 is 28.6 Å². The van der Waals surface area contributed by atoms with E-state index in [2.05, 4.69) is 0 Å². The Morgan fingerprint density at radius 1 is 1.12 bits per heavy atom. The van der Waals surface area contributed by atoms with E-state index in [1.807, 2.05) is 54.1 Å². The number of hydrogen-bond donors (Lipinski definition) is 0. The molecule has 8 heteroatoms. The van der Waals surface area contributed by atoms with Crippen LogP contribution in [0.3, 0.4) is 0 Å². The molecule has 1 aliphatic rings. The van der Waals surface area contributed by atoms with Gasteiger partial charge >= 0.3 is 0 Å². The van der Waals surface area contributed by atoms with Gasteiger partial charge in [0.05, 0.1) is 30.9 Å². The number of amides is 1. The molecule has 0 spiro atoms. The molecule has 0 unspecified atom stereocenters. The summed E-state index contributed by atoms with van der Waals surface area (Å²) in [4.78, 5) is 32.7. The van der Waals surface area contributed by atoms with Crippen molar-refractivity contribution in [3.63, 3.8) is 0 Å². The lowest BCUT2D eigenvalue weighted by Gasteiger charge is -2.20. The molecule has 1 aliphatic carbocycles. The Labute approximate surface area is 204 Å². The number of hydrogen-bond acceptors (Lipinski definition) is 6. The number of ether oxygens (including phenoxy) is 2. The van der Waals surface area contributed by atoms with Crippen molar-refractivity contribution in [2.24, 2.45) is 0 Å². The van der Waals surface area contributed by atoms with Crippen LogP contribution in [-0.4, -0.2) is 53.9 Å². The molecule has 1 amide bonds. The lowest BCUT2D eigenvalue weighted by molar-refractivity contribution is -0.127. The third-order valence-electron chi connectivity index (χ3n) is 6.40. The molecule has 34 heavy (non-hydrogen) atoms. The molecule has 180 valence electrons. The second-order valence-corrected chi connectivity index (χ2v) is 9.51. The van der Waals surface area contributed by atoms with E-state index in [0.29, 0.717) is 40.5 Å². The number of benzene rings is 2. The van der Waals surface area contributed by atoms with Gasteiger partial charge in [0.1, 0.15) is 0 Å². The van der Waals surface area contributed by atoms with Crippen LogP contribution in [0, 0.1) is 0 Å². The standard InChI is InChI=1S/C26H31N3O4S/c1-28(15-14-18-12-13-22(32-2)23(16-18)33-3)24(30)17-34-26-27-21-11-7-6-10-20(21)25(31)29(26)19-8-4-5-9-19/h6-7,10-13,16,19H,4-5,8-9,14-15,17H2,1-3H3. The minimum Gasteiger partial charge on any atom is -0.493 e. The molecule has 7 nitrogen and oxygen atoms in total. The lowest BCUT2D eigenvalue weighted by atomic mass is 10.1.